The van der Waals surface area contributed by atoms with Gasteiger partial charge in [-0.05, 0) is 25.6 Å². The van der Waals surface area contributed by atoms with Crippen LogP contribution >= 0.6 is 0 Å². The molecule has 16 heavy (non-hydrogen) atoms. The van der Waals surface area contributed by atoms with E-state index in [2.05, 4.69) is 22.2 Å². The molecule has 0 atom stereocenters. The molecule has 2 rings (SSSR count). The number of aromatic nitrogens is 2. The molecule has 2 heterocycles. The lowest BCUT2D eigenvalue weighted by molar-refractivity contribution is 0.535. The summed E-state index contributed by atoms with van der Waals surface area (Å²) in [6, 6.07) is 3.81. The molecule has 0 spiro atoms. The third-order valence-electron chi connectivity index (χ3n) is 2.37. The molecule has 2 aromatic rings. The molecule has 2 aromatic heterocycles. The first-order valence-electron chi connectivity index (χ1n) is 5.38. The van der Waals surface area contributed by atoms with Gasteiger partial charge in [0, 0.05) is 12.7 Å². The van der Waals surface area contributed by atoms with E-state index in [1.165, 1.54) is 0 Å². The minimum absolute atomic E-state index is 0.724. The van der Waals surface area contributed by atoms with E-state index in [0.717, 1.165) is 35.9 Å². The Hall–Kier alpha value is -1.68. The highest BCUT2D eigenvalue weighted by atomic mass is 16.3. The first kappa shape index (κ1) is 10.8. The molecule has 0 aliphatic heterocycles. The summed E-state index contributed by atoms with van der Waals surface area (Å²) in [7, 11) is 0. The van der Waals surface area contributed by atoms with Crippen LogP contribution in [0, 0.1) is 6.92 Å². The Balaban J connectivity index is 2.26. The maximum absolute atomic E-state index is 5.24. The van der Waals surface area contributed by atoms with Crippen molar-refractivity contribution in [2.24, 2.45) is 0 Å². The van der Waals surface area contributed by atoms with Crippen LogP contribution in [-0.2, 0) is 6.54 Å². The Morgan fingerprint density at radius 2 is 2.25 bits per heavy atom. The molecule has 0 unspecified atom stereocenters. The fourth-order valence-corrected chi connectivity index (χ4v) is 1.49. The van der Waals surface area contributed by atoms with Crippen molar-refractivity contribution >= 4 is 0 Å². The highest BCUT2D eigenvalue weighted by Gasteiger charge is 2.07. The zero-order valence-electron chi connectivity index (χ0n) is 9.53. The average Bonchev–Trinajstić information content (AvgIpc) is 2.73. The molecule has 0 amide bonds. The van der Waals surface area contributed by atoms with Crippen LogP contribution in [0.3, 0.4) is 0 Å². The van der Waals surface area contributed by atoms with E-state index in [1.54, 1.807) is 12.5 Å². The second kappa shape index (κ2) is 4.90. The summed E-state index contributed by atoms with van der Waals surface area (Å²) in [5.74, 6) is 1.57. The molecule has 0 bridgehead atoms. The zero-order valence-corrected chi connectivity index (χ0v) is 9.53. The monoisotopic (exact) mass is 217 g/mol. The summed E-state index contributed by atoms with van der Waals surface area (Å²) in [5.41, 5.74) is 1.95. The summed E-state index contributed by atoms with van der Waals surface area (Å²) in [4.78, 5) is 8.73. The van der Waals surface area contributed by atoms with Crippen LogP contribution in [0.2, 0.25) is 0 Å². The molecular weight excluding hydrogens is 202 g/mol. The predicted octanol–water partition coefficient (Wildman–Crippen LogP) is 2.15. The molecule has 4 nitrogen and oxygen atoms in total. The number of hydrogen-bond donors (Lipinski definition) is 1. The standard InChI is InChI=1S/C12H15N3O/c1-3-13-8-10-4-6-14-12(15-10)11-5-7-16-9(11)2/h4-7,13H,3,8H2,1-2H3. The lowest BCUT2D eigenvalue weighted by Crippen LogP contribution is -2.13. The van der Waals surface area contributed by atoms with Crippen LogP contribution in [0.4, 0.5) is 0 Å². The zero-order chi connectivity index (χ0) is 11.4. The van der Waals surface area contributed by atoms with Gasteiger partial charge < -0.3 is 9.73 Å². The van der Waals surface area contributed by atoms with Gasteiger partial charge in [-0.1, -0.05) is 6.92 Å². The van der Waals surface area contributed by atoms with Crippen molar-refractivity contribution < 1.29 is 4.42 Å². The summed E-state index contributed by atoms with van der Waals surface area (Å²) < 4.78 is 5.24. The van der Waals surface area contributed by atoms with E-state index >= 15 is 0 Å². The van der Waals surface area contributed by atoms with Gasteiger partial charge in [0.05, 0.1) is 17.5 Å². The van der Waals surface area contributed by atoms with E-state index in [9.17, 15) is 0 Å². The molecule has 0 radical (unpaired) electrons. The first-order valence-corrected chi connectivity index (χ1v) is 5.38. The molecule has 1 N–H and O–H groups in total. The van der Waals surface area contributed by atoms with Gasteiger partial charge in [0.1, 0.15) is 5.76 Å². The van der Waals surface area contributed by atoms with Crippen molar-refractivity contribution in [2.45, 2.75) is 20.4 Å². The number of hydrogen-bond acceptors (Lipinski definition) is 4. The molecule has 0 saturated carbocycles. The van der Waals surface area contributed by atoms with Gasteiger partial charge in [-0.2, -0.15) is 0 Å². The summed E-state index contributed by atoms with van der Waals surface area (Å²) >= 11 is 0. The molecule has 0 fully saturated rings. The molecule has 0 saturated heterocycles. The number of aryl methyl sites for hydroxylation is 1. The van der Waals surface area contributed by atoms with E-state index in [-0.39, 0.29) is 0 Å². The lowest BCUT2D eigenvalue weighted by Gasteiger charge is -2.03. The predicted molar refractivity (Wildman–Crippen MR) is 61.9 cm³/mol. The van der Waals surface area contributed by atoms with Crippen molar-refractivity contribution in [1.82, 2.24) is 15.3 Å². The van der Waals surface area contributed by atoms with Gasteiger partial charge in [-0.3, -0.25) is 0 Å². The highest BCUT2D eigenvalue weighted by Crippen LogP contribution is 2.20. The smallest absolute Gasteiger partial charge is 0.162 e. The second-order valence-corrected chi connectivity index (χ2v) is 3.54. The van der Waals surface area contributed by atoms with Crippen LogP contribution in [0.25, 0.3) is 11.4 Å². The van der Waals surface area contributed by atoms with Gasteiger partial charge >= 0.3 is 0 Å². The van der Waals surface area contributed by atoms with Crippen molar-refractivity contribution in [3.05, 3.63) is 36.0 Å². The lowest BCUT2D eigenvalue weighted by atomic mass is 10.2. The average molecular weight is 217 g/mol. The fraction of sp³-hybridized carbons (Fsp3) is 0.333. The Morgan fingerprint density at radius 1 is 1.38 bits per heavy atom. The minimum Gasteiger partial charge on any atom is -0.469 e. The normalized spacial score (nSPS) is 10.6. The number of nitrogens with zero attached hydrogens (tertiary/aromatic N) is 2. The van der Waals surface area contributed by atoms with Crippen LogP contribution in [0.15, 0.2) is 29.0 Å². The van der Waals surface area contributed by atoms with Crippen LogP contribution in [-0.4, -0.2) is 16.5 Å². The topological polar surface area (TPSA) is 51.0 Å². The molecular formula is C12H15N3O. The van der Waals surface area contributed by atoms with Crippen LogP contribution in [0.1, 0.15) is 18.4 Å². The minimum atomic E-state index is 0.724. The molecule has 0 aromatic carbocycles. The van der Waals surface area contributed by atoms with Gasteiger partial charge in [0.2, 0.25) is 0 Å². The van der Waals surface area contributed by atoms with Crippen molar-refractivity contribution in [2.75, 3.05) is 6.54 Å². The number of nitrogens with one attached hydrogen (secondary N) is 1. The van der Waals surface area contributed by atoms with E-state index in [4.69, 9.17) is 4.42 Å². The van der Waals surface area contributed by atoms with E-state index in [0.29, 0.717) is 0 Å². The third kappa shape index (κ3) is 2.28. The van der Waals surface area contributed by atoms with Crippen molar-refractivity contribution in [3.8, 4) is 11.4 Å². The Kier molecular flexibility index (Phi) is 3.31. The van der Waals surface area contributed by atoms with Gasteiger partial charge in [0.25, 0.3) is 0 Å². The first-order chi connectivity index (χ1) is 7.81. The quantitative estimate of drug-likeness (QED) is 0.852. The second-order valence-electron chi connectivity index (χ2n) is 3.54. The summed E-state index contributed by atoms with van der Waals surface area (Å²) in [5, 5.41) is 3.24. The molecule has 84 valence electrons. The molecule has 4 heteroatoms. The SMILES string of the molecule is CCNCc1ccnc(-c2ccoc2C)n1. The number of furan rings is 1. The number of rotatable bonds is 4. The molecule has 0 aliphatic rings. The van der Waals surface area contributed by atoms with Crippen molar-refractivity contribution in [1.29, 1.82) is 0 Å². The maximum atomic E-state index is 5.24. The fourth-order valence-electron chi connectivity index (χ4n) is 1.49. The van der Waals surface area contributed by atoms with Crippen molar-refractivity contribution in [3.63, 3.8) is 0 Å². The highest BCUT2D eigenvalue weighted by molar-refractivity contribution is 5.56. The Bertz CT molecular complexity index is 465. The summed E-state index contributed by atoms with van der Waals surface area (Å²) in [6.45, 7) is 5.69. The largest absolute Gasteiger partial charge is 0.469 e. The van der Waals surface area contributed by atoms with E-state index in [1.807, 2.05) is 19.1 Å². The van der Waals surface area contributed by atoms with Crippen LogP contribution in [0.5, 0.6) is 0 Å². The van der Waals surface area contributed by atoms with Gasteiger partial charge in [-0.15, -0.1) is 0 Å². The Labute approximate surface area is 94.7 Å². The third-order valence-corrected chi connectivity index (χ3v) is 2.37. The molecule has 0 aliphatic carbocycles. The van der Waals surface area contributed by atoms with E-state index < -0.39 is 0 Å². The van der Waals surface area contributed by atoms with Crippen LogP contribution < -0.4 is 5.32 Å². The van der Waals surface area contributed by atoms with Gasteiger partial charge in [0.15, 0.2) is 5.82 Å². The van der Waals surface area contributed by atoms with Gasteiger partial charge in [-0.25, -0.2) is 9.97 Å². The summed E-state index contributed by atoms with van der Waals surface area (Å²) in [6.07, 6.45) is 3.44. The maximum Gasteiger partial charge on any atom is 0.162 e. The Morgan fingerprint density at radius 3 is 2.94 bits per heavy atom.